The molecule has 0 unspecified atom stereocenters. The van der Waals surface area contributed by atoms with Gasteiger partial charge in [0.05, 0.1) is 19.8 Å². The highest BCUT2D eigenvalue weighted by molar-refractivity contribution is 5.92. The first-order valence-corrected chi connectivity index (χ1v) is 8.53. The number of carbonyl (C=O) groups excluding carboxylic acids is 3. The number of esters is 2. The van der Waals surface area contributed by atoms with Gasteiger partial charge < -0.3 is 19.5 Å². The molecule has 8 heteroatoms. The predicted octanol–water partition coefficient (Wildman–Crippen LogP) is 0.311. The van der Waals surface area contributed by atoms with Gasteiger partial charge in [0.25, 0.3) is 0 Å². The smallest absolute Gasteiger partial charge is 0.331 e. The number of allylic oxidation sites excluding steroid dienone is 1. The van der Waals surface area contributed by atoms with Crippen LogP contribution < -0.4 is 5.32 Å². The van der Waals surface area contributed by atoms with E-state index in [1.165, 1.54) is 6.08 Å². The third-order valence-electron chi connectivity index (χ3n) is 3.80. The molecule has 1 amide bonds. The SMILES string of the molecule is C=C1CC(COC(=O)/C=C/C(=O)OCCCN2CCOCC2)=CC(=O)N1. The standard InChI is InChI=1S/C18H24N2O6/c1-14-11-15(12-16(21)19-14)13-26-18(23)4-3-17(22)25-8-2-5-20-6-9-24-10-7-20/h3-4,12H,1-2,5-11,13H2,(H,19,21)/b4-3+. The normalized spacial score (nSPS) is 18.4. The Morgan fingerprint density at radius 3 is 2.62 bits per heavy atom. The maximum absolute atomic E-state index is 11.6. The highest BCUT2D eigenvalue weighted by Crippen LogP contribution is 2.12. The summed E-state index contributed by atoms with van der Waals surface area (Å²) >= 11 is 0. The van der Waals surface area contributed by atoms with E-state index in [4.69, 9.17) is 14.2 Å². The Morgan fingerprint density at radius 2 is 1.92 bits per heavy atom. The van der Waals surface area contributed by atoms with Gasteiger partial charge >= 0.3 is 11.9 Å². The summed E-state index contributed by atoms with van der Waals surface area (Å²) in [5.74, 6) is -1.55. The molecule has 0 atom stereocenters. The first-order chi connectivity index (χ1) is 12.5. The number of morpholine rings is 1. The Bertz CT molecular complexity index is 605. The quantitative estimate of drug-likeness (QED) is 0.376. The lowest BCUT2D eigenvalue weighted by Crippen LogP contribution is -2.37. The van der Waals surface area contributed by atoms with E-state index in [0.717, 1.165) is 51.4 Å². The minimum absolute atomic E-state index is 0.0236. The second kappa shape index (κ2) is 10.5. The van der Waals surface area contributed by atoms with E-state index in [0.29, 0.717) is 24.3 Å². The van der Waals surface area contributed by atoms with Crippen LogP contribution in [0.1, 0.15) is 12.8 Å². The third-order valence-corrected chi connectivity index (χ3v) is 3.80. The summed E-state index contributed by atoms with van der Waals surface area (Å²) in [6, 6.07) is 0. The number of nitrogens with one attached hydrogen (secondary N) is 1. The molecule has 0 radical (unpaired) electrons. The van der Waals surface area contributed by atoms with Crippen molar-refractivity contribution in [3.63, 3.8) is 0 Å². The highest BCUT2D eigenvalue weighted by atomic mass is 16.5. The number of hydrogen-bond donors (Lipinski definition) is 1. The van der Waals surface area contributed by atoms with Crippen molar-refractivity contribution in [2.75, 3.05) is 46.1 Å². The van der Waals surface area contributed by atoms with E-state index in [1.807, 2.05) is 0 Å². The molecule has 2 aliphatic heterocycles. The predicted molar refractivity (Wildman–Crippen MR) is 92.9 cm³/mol. The number of carbonyl (C=O) groups is 3. The van der Waals surface area contributed by atoms with Crippen molar-refractivity contribution >= 4 is 17.8 Å². The lowest BCUT2D eigenvalue weighted by Gasteiger charge is -2.26. The second-order valence-electron chi connectivity index (χ2n) is 5.99. The van der Waals surface area contributed by atoms with Crippen LogP contribution in [0.25, 0.3) is 0 Å². The van der Waals surface area contributed by atoms with Crippen LogP contribution >= 0.6 is 0 Å². The van der Waals surface area contributed by atoms with Crippen molar-refractivity contribution in [3.05, 3.63) is 36.1 Å². The van der Waals surface area contributed by atoms with Crippen molar-refractivity contribution in [2.45, 2.75) is 12.8 Å². The zero-order valence-corrected chi connectivity index (χ0v) is 14.7. The highest BCUT2D eigenvalue weighted by Gasteiger charge is 2.13. The zero-order valence-electron chi connectivity index (χ0n) is 14.7. The summed E-state index contributed by atoms with van der Waals surface area (Å²) in [7, 11) is 0. The van der Waals surface area contributed by atoms with Gasteiger partial charge in [0.2, 0.25) is 5.91 Å². The molecule has 0 bridgehead atoms. The van der Waals surface area contributed by atoms with Crippen molar-refractivity contribution in [2.24, 2.45) is 0 Å². The molecule has 1 fully saturated rings. The molecular weight excluding hydrogens is 340 g/mol. The Kier molecular flexibility index (Phi) is 8.04. The fourth-order valence-corrected chi connectivity index (χ4v) is 2.54. The largest absolute Gasteiger partial charge is 0.462 e. The fraction of sp³-hybridized carbons (Fsp3) is 0.500. The van der Waals surface area contributed by atoms with Crippen LogP contribution in [0.3, 0.4) is 0 Å². The zero-order chi connectivity index (χ0) is 18.8. The van der Waals surface area contributed by atoms with Crippen LogP contribution in [0.15, 0.2) is 36.1 Å². The van der Waals surface area contributed by atoms with E-state index in [1.54, 1.807) is 0 Å². The molecule has 2 heterocycles. The average molecular weight is 364 g/mol. The van der Waals surface area contributed by atoms with Gasteiger partial charge in [0, 0.05) is 50.0 Å². The summed E-state index contributed by atoms with van der Waals surface area (Å²) in [4.78, 5) is 36.7. The van der Waals surface area contributed by atoms with Gasteiger partial charge in [-0.3, -0.25) is 9.69 Å². The van der Waals surface area contributed by atoms with E-state index < -0.39 is 11.9 Å². The molecule has 142 valence electrons. The van der Waals surface area contributed by atoms with Crippen molar-refractivity contribution < 1.29 is 28.6 Å². The minimum atomic E-state index is -0.673. The monoisotopic (exact) mass is 364 g/mol. The van der Waals surface area contributed by atoms with Crippen LogP contribution in [-0.4, -0.2) is 68.8 Å². The fourth-order valence-electron chi connectivity index (χ4n) is 2.54. The molecule has 0 aromatic carbocycles. The first kappa shape index (κ1) is 19.9. The average Bonchev–Trinajstić information content (AvgIpc) is 2.62. The molecule has 8 nitrogen and oxygen atoms in total. The molecule has 0 spiro atoms. The molecule has 2 aliphatic rings. The Hall–Kier alpha value is -2.45. The third kappa shape index (κ3) is 7.62. The van der Waals surface area contributed by atoms with Gasteiger partial charge in [0.1, 0.15) is 6.61 Å². The summed E-state index contributed by atoms with van der Waals surface area (Å²) in [6.07, 6.45) is 4.59. The molecule has 1 saturated heterocycles. The van der Waals surface area contributed by atoms with Gasteiger partial charge in [-0.1, -0.05) is 6.58 Å². The lowest BCUT2D eigenvalue weighted by atomic mass is 10.1. The van der Waals surface area contributed by atoms with Crippen molar-refractivity contribution in [1.29, 1.82) is 0 Å². The Labute approximate surface area is 152 Å². The van der Waals surface area contributed by atoms with Gasteiger partial charge in [0.15, 0.2) is 0 Å². The number of amides is 1. The molecule has 0 aromatic heterocycles. The van der Waals surface area contributed by atoms with Crippen LogP contribution in [0.2, 0.25) is 0 Å². The Balaban J connectivity index is 1.58. The van der Waals surface area contributed by atoms with Crippen molar-refractivity contribution in [3.8, 4) is 0 Å². The summed E-state index contributed by atoms with van der Waals surface area (Å²) in [5.41, 5.74) is 1.20. The molecule has 1 N–H and O–H groups in total. The summed E-state index contributed by atoms with van der Waals surface area (Å²) in [5, 5.41) is 2.55. The molecular formula is C18H24N2O6. The van der Waals surface area contributed by atoms with E-state index in [9.17, 15) is 14.4 Å². The maximum atomic E-state index is 11.6. The Morgan fingerprint density at radius 1 is 1.23 bits per heavy atom. The first-order valence-electron chi connectivity index (χ1n) is 8.53. The molecule has 2 rings (SSSR count). The van der Waals surface area contributed by atoms with Gasteiger partial charge in [-0.2, -0.15) is 0 Å². The topological polar surface area (TPSA) is 94.2 Å². The summed E-state index contributed by atoms with van der Waals surface area (Å²) < 4.78 is 15.3. The maximum Gasteiger partial charge on any atom is 0.331 e. The molecule has 26 heavy (non-hydrogen) atoms. The number of rotatable bonds is 8. The van der Waals surface area contributed by atoms with Crippen LogP contribution in [0.4, 0.5) is 0 Å². The number of ether oxygens (including phenoxy) is 3. The van der Waals surface area contributed by atoms with Gasteiger partial charge in [-0.15, -0.1) is 0 Å². The van der Waals surface area contributed by atoms with Crippen LogP contribution in [0.5, 0.6) is 0 Å². The van der Waals surface area contributed by atoms with E-state index >= 15 is 0 Å². The molecule has 0 saturated carbocycles. The molecule has 0 aromatic rings. The van der Waals surface area contributed by atoms with Gasteiger partial charge in [-0.25, -0.2) is 9.59 Å². The summed E-state index contributed by atoms with van der Waals surface area (Å²) in [6.45, 7) is 8.04. The van der Waals surface area contributed by atoms with Crippen LogP contribution in [0, 0.1) is 0 Å². The lowest BCUT2D eigenvalue weighted by molar-refractivity contribution is -0.140. The van der Waals surface area contributed by atoms with Crippen molar-refractivity contribution in [1.82, 2.24) is 10.2 Å². The number of nitrogens with zero attached hydrogens (tertiary/aromatic N) is 1. The van der Waals surface area contributed by atoms with E-state index in [-0.39, 0.29) is 12.5 Å². The van der Waals surface area contributed by atoms with Gasteiger partial charge in [-0.05, 0) is 12.0 Å². The minimum Gasteiger partial charge on any atom is -0.462 e. The van der Waals surface area contributed by atoms with E-state index in [2.05, 4.69) is 16.8 Å². The number of hydrogen-bond acceptors (Lipinski definition) is 7. The molecule has 0 aliphatic carbocycles. The van der Waals surface area contributed by atoms with Crippen LogP contribution in [-0.2, 0) is 28.6 Å². The second-order valence-corrected chi connectivity index (χ2v) is 5.99.